The van der Waals surface area contributed by atoms with Crippen LogP contribution in [-0.2, 0) is 16.1 Å². The van der Waals surface area contributed by atoms with Gasteiger partial charge in [-0.25, -0.2) is 0 Å². The predicted octanol–water partition coefficient (Wildman–Crippen LogP) is 3.36. The zero-order chi connectivity index (χ0) is 25.5. The lowest BCUT2D eigenvalue weighted by atomic mass is 9.92. The summed E-state index contributed by atoms with van der Waals surface area (Å²) in [5, 5.41) is 15.9. The highest BCUT2D eigenvalue weighted by Gasteiger charge is 2.36. The number of methoxy groups -OCH3 is 2. The molecule has 2 aromatic rings. The van der Waals surface area contributed by atoms with E-state index in [1.807, 2.05) is 17.9 Å². The first-order valence-electron chi connectivity index (χ1n) is 13.2. The van der Waals surface area contributed by atoms with Crippen molar-refractivity contribution >= 4 is 11.8 Å². The first-order valence-corrected chi connectivity index (χ1v) is 13.2. The fourth-order valence-corrected chi connectivity index (χ4v) is 5.47. The number of hydrogen-bond acceptors (Lipinski definition) is 7. The highest BCUT2D eigenvalue weighted by molar-refractivity contribution is 5.88. The number of hydrogen-bond donors (Lipinski definition) is 1. The molecule has 0 aliphatic heterocycles. The van der Waals surface area contributed by atoms with E-state index in [1.165, 1.54) is 11.2 Å². The van der Waals surface area contributed by atoms with Gasteiger partial charge in [0, 0.05) is 17.6 Å². The molecular formula is C26H38N6O4. The van der Waals surface area contributed by atoms with Crippen LogP contribution in [-0.4, -0.2) is 69.3 Å². The number of benzene rings is 1. The Labute approximate surface area is 212 Å². The molecule has 1 heterocycles. The summed E-state index contributed by atoms with van der Waals surface area (Å²) < 4.78 is 10.7. The highest BCUT2D eigenvalue weighted by Crippen LogP contribution is 2.31. The predicted molar refractivity (Wildman–Crippen MR) is 135 cm³/mol. The third-order valence-electron chi connectivity index (χ3n) is 7.35. The summed E-state index contributed by atoms with van der Waals surface area (Å²) in [5.41, 5.74) is 0.706. The smallest absolute Gasteiger partial charge is 0.247 e. The quantitative estimate of drug-likeness (QED) is 0.535. The second kappa shape index (κ2) is 12.2. The molecule has 2 aliphatic rings. The minimum absolute atomic E-state index is 0.0408. The molecule has 2 aliphatic carbocycles. The second-order valence-corrected chi connectivity index (χ2v) is 9.72. The van der Waals surface area contributed by atoms with Crippen LogP contribution in [0.3, 0.4) is 0 Å². The Morgan fingerprint density at radius 1 is 1.06 bits per heavy atom. The summed E-state index contributed by atoms with van der Waals surface area (Å²) in [6, 6.07) is 5.15. The number of carbonyl (C=O) groups excluding carboxylic acids is 2. The number of ether oxygens (including phenoxy) is 2. The maximum atomic E-state index is 13.7. The third-order valence-corrected chi connectivity index (χ3v) is 7.35. The molecule has 1 aromatic carbocycles. The maximum absolute atomic E-state index is 13.7. The number of tetrazole rings is 1. The van der Waals surface area contributed by atoms with Gasteiger partial charge in [-0.1, -0.05) is 39.0 Å². The van der Waals surface area contributed by atoms with Crippen molar-refractivity contribution in [1.29, 1.82) is 0 Å². The van der Waals surface area contributed by atoms with Crippen molar-refractivity contribution in [3.8, 4) is 22.9 Å². The topological polar surface area (TPSA) is 111 Å². The maximum Gasteiger partial charge on any atom is 0.247 e. The SMILES string of the molecule is CC[C@@H](C(=O)NC1CCCC1)N(C(=O)Cn1nnc(-c2ccc(OC)c(OC)c2)n1)C1CCCCC1. The fourth-order valence-electron chi connectivity index (χ4n) is 5.47. The average molecular weight is 499 g/mol. The summed E-state index contributed by atoms with van der Waals surface area (Å²) in [7, 11) is 3.14. The van der Waals surface area contributed by atoms with E-state index in [1.54, 1.807) is 26.4 Å². The Balaban J connectivity index is 1.51. The molecule has 0 radical (unpaired) electrons. The van der Waals surface area contributed by atoms with Crippen LogP contribution in [0.1, 0.15) is 71.1 Å². The van der Waals surface area contributed by atoms with Crippen molar-refractivity contribution in [3.63, 3.8) is 0 Å². The van der Waals surface area contributed by atoms with Crippen LogP contribution in [0.2, 0.25) is 0 Å². The Bertz CT molecular complexity index is 1030. The van der Waals surface area contributed by atoms with Gasteiger partial charge in [-0.15, -0.1) is 10.2 Å². The van der Waals surface area contributed by atoms with Gasteiger partial charge in [-0.3, -0.25) is 9.59 Å². The molecule has 1 atom stereocenters. The lowest BCUT2D eigenvalue weighted by Crippen LogP contribution is -2.56. The van der Waals surface area contributed by atoms with E-state index in [0.717, 1.165) is 51.4 Å². The summed E-state index contributed by atoms with van der Waals surface area (Å²) in [6.45, 7) is 1.91. The molecule has 2 fully saturated rings. The second-order valence-electron chi connectivity index (χ2n) is 9.72. The van der Waals surface area contributed by atoms with Crippen molar-refractivity contribution in [2.24, 2.45) is 0 Å². The Morgan fingerprint density at radius 2 is 1.75 bits per heavy atom. The summed E-state index contributed by atoms with van der Waals surface area (Å²) in [4.78, 5) is 30.1. The van der Waals surface area contributed by atoms with Gasteiger partial charge < -0.3 is 19.7 Å². The lowest BCUT2D eigenvalue weighted by molar-refractivity contribution is -0.145. The van der Waals surface area contributed by atoms with Crippen LogP contribution < -0.4 is 14.8 Å². The molecule has 10 nitrogen and oxygen atoms in total. The molecule has 4 rings (SSSR count). The van der Waals surface area contributed by atoms with Crippen LogP contribution in [0.4, 0.5) is 0 Å². The lowest BCUT2D eigenvalue weighted by Gasteiger charge is -2.39. The van der Waals surface area contributed by atoms with Gasteiger partial charge in [-0.2, -0.15) is 4.80 Å². The number of nitrogens with one attached hydrogen (secondary N) is 1. The number of nitrogens with zero attached hydrogens (tertiary/aromatic N) is 5. The molecule has 10 heteroatoms. The number of aromatic nitrogens is 4. The monoisotopic (exact) mass is 498 g/mol. The van der Waals surface area contributed by atoms with Crippen LogP contribution in [0.25, 0.3) is 11.4 Å². The molecule has 1 N–H and O–H groups in total. The molecule has 2 saturated carbocycles. The van der Waals surface area contributed by atoms with E-state index < -0.39 is 6.04 Å². The summed E-state index contributed by atoms with van der Waals surface area (Å²) in [6.07, 6.45) is 10.0. The molecular weight excluding hydrogens is 460 g/mol. The van der Waals surface area contributed by atoms with Gasteiger partial charge in [0.25, 0.3) is 0 Å². The van der Waals surface area contributed by atoms with Gasteiger partial charge in [0.1, 0.15) is 12.6 Å². The van der Waals surface area contributed by atoms with Crippen LogP contribution in [0.15, 0.2) is 18.2 Å². The molecule has 0 saturated heterocycles. The van der Waals surface area contributed by atoms with Gasteiger partial charge in [0.05, 0.1) is 14.2 Å². The summed E-state index contributed by atoms with van der Waals surface area (Å²) >= 11 is 0. The molecule has 1 aromatic heterocycles. The minimum Gasteiger partial charge on any atom is -0.493 e. The average Bonchev–Trinajstić information content (AvgIpc) is 3.59. The molecule has 36 heavy (non-hydrogen) atoms. The zero-order valence-corrected chi connectivity index (χ0v) is 21.6. The number of carbonyl (C=O) groups is 2. The van der Waals surface area contributed by atoms with Crippen molar-refractivity contribution in [1.82, 2.24) is 30.4 Å². The fraction of sp³-hybridized carbons (Fsp3) is 0.654. The van der Waals surface area contributed by atoms with Gasteiger partial charge in [0.15, 0.2) is 11.5 Å². The van der Waals surface area contributed by atoms with Crippen molar-refractivity contribution in [2.45, 2.75) is 95.8 Å². The molecule has 196 valence electrons. The molecule has 0 bridgehead atoms. The minimum atomic E-state index is -0.491. The molecule has 2 amide bonds. The van der Waals surface area contributed by atoms with Gasteiger partial charge in [0.2, 0.25) is 17.6 Å². The summed E-state index contributed by atoms with van der Waals surface area (Å²) in [5.74, 6) is 1.37. The molecule has 0 unspecified atom stereocenters. The van der Waals surface area contributed by atoms with E-state index in [9.17, 15) is 9.59 Å². The van der Waals surface area contributed by atoms with Gasteiger partial charge >= 0.3 is 0 Å². The van der Waals surface area contributed by atoms with Crippen molar-refractivity contribution < 1.29 is 19.1 Å². The van der Waals surface area contributed by atoms with Gasteiger partial charge in [-0.05, 0) is 55.5 Å². The highest BCUT2D eigenvalue weighted by atomic mass is 16.5. The van der Waals surface area contributed by atoms with Crippen molar-refractivity contribution in [3.05, 3.63) is 18.2 Å². The standard InChI is InChI=1S/C26H38N6O4/c1-4-21(26(34)27-19-10-8-9-11-19)32(20-12-6-5-7-13-20)24(33)17-31-29-25(28-30-31)18-14-15-22(35-2)23(16-18)36-3/h14-16,19-21H,4-13,17H2,1-3H3,(H,27,34)/t21-/m0/s1. The van der Waals surface area contributed by atoms with E-state index >= 15 is 0 Å². The van der Waals surface area contributed by atoms with E-state index in [4.69, 9.17) is 9.47 Å². The Hall–Kier alpha value is -3.17. The van der Waals surface area contributed by atoms with E-state index in [0.29, 0.717) is 29.3 Å². The van der Waals surface area contributed by atoms with E-state index in [-0.39, 0.29) is 30.4 Å². The Kier molecular flexibility index (Phi) is 8.77. The largest absolute Gasteiger partial charge is 0.493 e. The third kappa shape index (κ3) is 5.96. The van der Waals surface area contributed by atoms with E-state index in [2.05, 4.69) is 20.7 Å². The Morgan fingerprint density at radius 3 is 2.42 bits per heavy atom. The first kappa shape index (κ1) is 25.9. The normalized spacial score (nSPS) is 17.5. The number of amides is 2. The van der Waals surface area contributed by atoms with Crippen molar-refractivity contribution in [2.75, 3.05) is 14.2 Å². The first-order chi connectivity index (χ1) is 17.5. The number of rotatable bonds is 10. The van der Waals surface area contributed by atoms with Crippen LogP contribution in [0, 0.1) is 0 Å². The van der Waals surface area contributed by atoms with Crippen LogP contribution in [0.5, 0.6) is 11.5 Å². The molecule has 0 spiro atoms. The van der Waals surface area contributed by atoms with Crippen LogP contribution >= 0.6 is 0 Å². The zero-order valence-electron chi connectivity index (χ0n) is 21.6.